The zero-order valence-corrected chi connectivity index (χ0v) is 10.7. The lowest BCUT2D eigenvalue weighted by Crippen LogP contribution is -2.26. The molecule has 0 fully saturated rings. The molecule has 0 atom stereocenters. The van der Waals surface area contributed by atoms with E-state index in [9.17, 15) is 14.4 Å². The van der Waals surface area contributed by atoms with Gasteiger partial charge in [-0.15, -0.1) is 0 Å². The van der Waals surface area contributed by atoms with Gasteiger partial charge < -0.3 is 15.1 Å². The molecule has 2 N–H and O–H groups in total. The Morgan fingerprint density at radius 1 is 1.05 bits per heavy atom. The van der Waals surface area contributed by atoms with Crippen LogP contribution in [-0.2, 0) is 9.59 Å². The van der Waals surface area contributed by atoms with E-state index in [1.54, 1.807) is 24.3 Å². The second-order valence-electron chi connectivity index (χ2n) is 4.30. The molecule has 0 radical (unpaired) electrons. The Bertz CT molecular complexity index is 478. The Morgan fingerprint density at radius 2 is 1.53 bits per heavy atom. The van der Waals surface area contributed by atoms with E-state index in [1.165, 1.54) is 0 Å². The topological polar surface area (TPSA) is 94.9 Å². The van der Waals surface area contributed by atoms with Crippen LogP contribution in [0.5, 0.6) is 0 Å². The van der Waals surface area contributed by atoms with Crippen molar-refractivity contribution >= 4 is 23.4 Å². The molecule has 1 aromatic rings. The van der Waals surface area contributed by atoms with Crippen molar-refractivity contribution in [2.24, 2.45) is 5.92 Å². The predicted molar refractivity (Wildman–Crippen MR) is 68.5 cm³/mol. The molecule has 0 heterocycles. The van der Waals surface area contributed by atoms with Gasteiger partial charge in [0.1, 0.15) is 0 Å². The van der Waals surface area contributed by atoms with E-state index < -0.39 is 30.1 Å². The van der Waals surface area contributed by atoms with Gasteiger partial charge in [0.2, 0.25) is 0 Å². The van der Waals surface area contributed by atoms with E-state index >= 15 is 0 Å². The number of benzene rings is 1. The standard InChI is InChI=1S/C13H15NO5/c1-14(2)9-5-3-8(4-6-9)11(15)7-10(12(16)17)13(18)19/h3-6,10H,7H2,1-2H3,(H,16,17)(H,18,19). The van der Waals surface area contributed by atoms with Gasteiger partial charge in [0.25, 0.3) is 0 Å². The highest BCUT2D eigenvalue weighted by atomic mass is 16.4. The summed E-state index contributed by atoms with van der Waals surface area (Å²) in [7, 11) is 3.70. The summed E-state index contributed by atoms with van der Waals surface area (Å²) < 4.78 is 0. The summed E-state index contributed by atoms with van der Waals surface area (Å²) in [5.41, 5.74) is 1.20. The van der Waals surface area contributed by atoms with E-state index in [0.29, 0.717) is 5.56 Å². The van der Waals surface area contributed by atoms with Crippen LogP contribution in [0, 0.1) is 5.92 Å². The first-order chi connectivity index (χ1) is 8.82. The molecule has 0 aliphatic rings. The molecular weight excluding hydrogens is 250 g/mol. The number of ketones is 1. The minimum absolute atomic E-state index is 0.304. The minimum atomic E-state index is -1.71. The molecule has 6 heteroatoms. The van der Waals surface area contributed by atoms with Gasteiger partial charge >= 0.3 is 11.9 Å². The summed E-state index contributed by atoms with van der Waals surface area (Å²) in [6.07, 6.45) is -0.550. The Kier molecular flexibility index (Phi) is 4.63. The average molecular weight is 265 g/mol. The molecule has 1 aromatic carbocycles. The van der Waals surface area contributed by atoms with Crippen LogP contribution in [0.1, 0.15) is 16.8 Å². The van der Waals surface area contributed by atoms with Gasteiger partial charge in [0, 0.05) is 31.8 Å². The van der Waals surface area contributed by atoms with Crippen molar-refractivity contribution in [1.82, 2.24) is 0 Å². The van der Waals surface area contributed by atoms with Crippen LogP contribution in [0.3, 0.4) is 0 Å². The van der Waals surface area contributed by atoms with E-state index in [2.05, 4.69) is 0 Å². The number of rotatable bonds is 6. The van der Waals surface area contributed by atoms with Crippen LogP contribution in [-0.4, -0.2) is 42.0 Å². The zero-order valence-electron chi connectivity index (χ0n) is 10.7. The SMILES string of the molecule is CN(C)c1ccc(C(=O)CC(C(=O)O)C(=O)O)cc1. The van der Waals surface area contributed by atoms with Gasteiger partial charge in [-0.2, -0.15) is 0 Å². The lowest BCUT2D eigenvalue weighted by atomic mass is 9.98. The largest absolute Gasteiger partial charge is 0.481 e. The number of anilines is 1. The Hall–Kier alpha value is -2.37. The van der Waals surface area contributed by atoms with Crippen molar-refractivity contribution in [1.29, 1.82) is 0 Å². The predicted octanol–water partition coefficient (Wildman–Crippen LogP) is 1.11. The molecule has 0 unspecified atom stereocenters. The molecule has 0 saturated carbocycles. The van der Waals surface area contributed by atoms with E-state index in [4.69, 9.17) is 10.2 Å². The summed E-state index contributed by atoms with van der Waals surface area (Å²) in [4.78, 5) is 35.1. The maximum absolute atomic E-state index is 11.8. The highest BCUT2D eigenvalue weighted by Crippen LogP contribution is 2.16. The normalized spacial score (nSPS) is 10.3. The van der Waals surface area contributed by atoms with E-state index in [1.807, 2.05) is 19.0 Å². The molecule has 6 nitrogen and oxygen atoms in total. The molecule has 0 aliphatic heterocycles. The van der Waals surface area contributed by atoms with Gasteiger partial charge in [-0.1, -0.05) is 0 Å². The van der Waals surface area contributed by atoms with Crippen LogP contribution in [0.2, 0.25) is 0 Å². The van der Waals surface area contributed by atoms with E-state index in [0.717, 1.165) is 5.69 Å². The monoisotopic (exact) mass is 265 g/mol. The van der Waals surface area contributed by atoms with E-state index in [-0.39, 0.29) is 0 Å². The summed E-state index contributed by atoms with van der Waals surface area (Å²) >= 11 is 0. The zero-order chi connectivity index (χ0) is 14.6. The number of hydrogen-bond acceptors (Lipinski definition) is 4. The van der Waals surface area contributed by atoms with Crippen molar-refractivity contribution in [2.45, 2.75) is 6.42 Å². The lowest BCUT2D eigenvalue weighted by molar-refractivity contribution is -0.154. The number of aliphatic carboxylic acids is 2. The van der Waals surface area contributed by atoms with Gasteiger partial charge in [-0.25, -0.2) is 0 Å². The number of carbonyl (C=O) groups excluding carboxylic acids is 1. The fourth-order valence-electron chi connectivity index (χ4n) is 1.53. The van der Waals surface area contributed by atoms with Crippen molar-refractivity contribution in [3.8, 4) is 0 Å². The first-order valence-electron chi connectivity index (χ1n) is 5.59. The lowest BCUT2D eigenvalue weighted by Gasteiger charge is -2.12. The fourth-order valence-corrected chi connectivity index (χ4v) is 1.53. The Labute approximate surface area is 110 Å². The maximum Gasteiger partial charge on any atom is 0.318 e. The minimum Gasteiger partial charge on any atom is -0.481 e. The number of hydrogen-bond donors (Lipinski definition) is 2. The summed E-state index contributed by atoms with van der Waals surface area (Å²) in [6.45, 7) is 0. The van der Waals surface area contributed by atoms with Gasteiger partial charge in [-0.05, 0) is 24.3 Å². The Morgan fingerprint density at radius 3 is 1.89 bits per heavy atom. The molecule has 1 rings (SSSR count). The smallest absolute Gasteiger partial charge is 0.318 e. The second-order valence-corrected chi connectivity index (χ2v) is 4.30. The van der Waals surface area contributed by atoms with Gasteiger partial charge in [0.05, 0.1) is 0 Å². The molecule has 102 valence electrons. The maximum atomic E-state index is 11.8. The van der Waals surface area contributed by atoms with Crippen LogP contribution in [0.15, 0.2) is 24.3 Å². The van der Waals surface area contributed by atoms with Crippen LogP contribution >= 0.6 is 0 Å². The molecule has 0 saturated heterocycles. The Balaban J connectivity index is 2.83. The third-order valence-corrected chi connectivity index (χ3v) is 2.69. The first-order valence-corrected chi connectivity index (χ1v) is 5.59. The number of carboxylic acid groups (broad SMARTS) is 2. The second kappa shape index (κ2) is 5.99. The molecule has 0 spiro atoms. The number of carbonyl (C=O) groups is 3. The average Bonchev–Trinajstić information content (AvgIpc) is 2.34. The van der Waals surface area contributed by atoms with Crippen LogP contribution in [0.4, 0.5) is 5.69 Å². The number of Topliss-reactive ketones (excluding diaryl/α,β-unsaturated/α-hetero) is 1. The summed E-state index contributed by atoms with van der Waals surface area (Å²) in [5, 5.41) is 17.4. The summed E-state index contributed by atoms with van der Waals surface area (Å²) in [6, 6.07) is 6.53. The molecule has 0 bridgehead atoms. The molecular formula is C13H15NO5. The first kappa shape index (κ1) is 14.7. The molecule has 19 heavy (non-hydrogen) atoms. The van der Waals surface area contributed by atoms with Gasteiger partial charge in [-0.3, -0.25) is 14.4 Å². The van der Waals surface area contributed by atoms with Crippen molar-refractivity contribution in [3.63, 3.8) is 0 Å². The quantitative estimate of drug-likeness (QED) is 0.591. The third-order valence-electron chi connectivity index (χ3n) is 2.69. The molecule has 0 aromatic heterocycles. The van der Waals surface area contributed by atoms with Crippen molar-refractivity contribution in [3.05, 3.63) is 29.8 Å². The fraction of sp³-hybridized carbons (Fsp3) is 0.308. The van der Waals surface area contributed by atoms with Crippen molar-refractivity contribution < 1.29 is 24.6 Å². The highest BCUT2D eigenvalue weighted by Gasteiger charge is 2.28. The highest BCUT2D eigenvalue weighted by molar-refractivity contribution is 6.03. The van der Waals surface area contributed by atoms with Crippen LogP contribution < -0.4 is 4.90 Å². The van der Waals surface area contributed by atoms with Crippen LogP contribution in [0.25, 0.3) is 0 Å². The summed E-state index contributed by atoms with van der Waals surface area (Å²) in [5.74, 6) is -5.22. The van der Waals surface area contributed by atoms with Crippen molar-refractivity contribution in [2.75, 3.05) is 19.0 Å². The molecule has 0 amide bonds. The molecule has 0 aliphatic carbocycles. The third kappa shape index (κ3) is 3.80. The number of carboxylic acids is 2. The number of nitrogens with zero attached hydrogens (tertiary/aromatic N) is 1. The van der Waals surface area contributed by atoms with Gasteiger partial charge in [0.15, 0.2) is 11.7 Å².